The smallest absolute Gasteiger partial charge is 0.418 e. The molecule has 4 aromatic rings. The predicted molar refractivity (Wildman–Crippen MR) is 119 cm³/mol. The molecule has 176 valence electrons. The number of hydrogen-bond acceptors (Lipinski definition) is 5. The number of pyridine rings is 1. The lowest BCUT2D eigenvalue weighted by Crippen LogP contribution is -2.18. The average molecular weight is 471 g/mol. The van der Waals surface area contributed by atoms with E-state index in [-0.39, 0.29) is 17.3 Å². The number of rotatable bonds is 5. The topological polar surface area (TPSA) is 102 Å². The van der Waals surface area contributed by atoms with Crippen LogP contribution in [-0.4, -0.2) is 26.6 Å². The van der Waals surface area contributed by atoms with Crippen molar-refractivity contribution in [2.24, 2.45) is 0 Å². The molecule has 0 radical (unpaired) electrons. The number of fused-ring (bicyclic) bond motifs is 1. The van der Waals surface area contributed by atoms with Crippen molar-refractivity contribution in [1.29, 1.82) is 0 Å². The highest BCUT2D eigenvalue weighted by molar-refractivity contribution is 6.13. The SMILES string of the molecule is CC(=O)Nc1ccc(NC(=O)c2cc(-c3ccco3)nc3c2cnn3C(C)C)c(C(F)(F)F)c1. The van der Waals surface area contributed by atoms with Crippen LogP contribution in [0, 0.1) is 0 Å². The van der Waals surface area contributed by atoms with Gasteiger partial charge in [0.1, 0.15) is 5.69 Å². The highest BCUT2D eigenvalue weighted by Crippen LogP contribution is 2.37. The second-order valence-corrected chi connectivity index (χ2v) is 7.85. The number of halogens is 3. The maximum Gasteiger partial charge on any atom is 0.418 e. The zero-order valence-electron chi connectivity index (χ0n) is 18.4. The van der Waals surface area contributed by atoms with Gasteiger partial charge in [0.05, 0.1) is 34.7 Å². The first-order valence-corrected chi connectivity index (χ1v) is 10.3. The molecule has 0 atom stereocenters. The van der Waals surface area contributed by atoms with Crippen molar-refractivity contribution < 1.29 is 27.2 Å². The summed E-state index contributed by atoms with van der Waals surface area (Å²) in [6.45, 7) is 4.96. The molecule has 1 aromatic carbocycles. The number of furan rings is 1. The molecule has 3 aromatic heterocycles. The first-order valence-electron chi connectivity index (χ1n) is 10.3. The van der Waals surface area contributed by atoms with Gasteiger partial charge < -0.3 is 15.1 Å². The Balaban J connectivity index is 1.80. The Labute approximate surface area is 191 Å². The average Bonchev–Trinajstić information content (AvgIpc) is 3.43. The highest BCUT2D eigenvalue weighted by Gasteiger charge is 2.34. The third-order valence-corrected chi connectivity index (χ3v) is 4.97. The maximum atomic E-state index is 13.7. The van der Waals surface area contributed by atoms with E-state index in [1.165, 1.54) is 31.5 Å². The van der Waals surface area contributed by atoms with E-state index >= 15 is 0 Å². The zero-order chi connectivity index (χ0) is 24.6. The van der Waals surface area contributed by atoms with Crippen molar-refractivity contribution in [3.63, 3.8) is 0 Å². The minimum absolute atomic E-state index is 0.0394. The number of carbonyl (C=O) groups excluding carboxylic acids is 2. The number of benzene rings is 1. The van der Waals surface area contributed by atoms with Gasteiger partial charge in [-0.1, -0.05) is 0 Å². The number of amides is 2. The van der Waals surface area contributed by atoms with Gasteiger partial charge in [-0.05, 0) is 50.2 Å². The molecule has 0 unspecified atom stereocenters. The van der Waals surface area contributed by atoms with Crippen molar-refractivity contribution in [1.82, 2.24) is 14.8 Å². The molecule has 8 nitrogen and oxygen atoms in total. The van der Waals surface area contributed by atoms with Gasteiger partial charge in [0.15, 0.2) is 11.4 Å². The third-order valence-electron chi connectivity index (χ3n) is 4.97. The van der Waals surface area contributed by atoms with Gasteiger partial charge in [-0.2, -0.15) is 18.3 Å². The summed E-state index contributed by atoms with van der Waals surface area (Å²) in [6, 6.07) is 7.83. The second-order valence-electron chi connectivity index (χ2n) is 7.85. The van der Waals surface area contributed by atoms with Gasteiger partial charge in [0, 0.05) is 18.7 Å². The van der Waals surface area contributed by atoms with Gasteiger partial charge in [-0.25, -0.2) is 9.67 Å². The Kier molecular flexibility index (Phi) is 5.86. The van der Waals surface area contributed by atoms with Gasteiger partial charge in [-0.15, -0.1) is 0 Å². The van der Waals surface area contributed by atoms with Crippen molar-refractivity contribution in [2.45, 2.75) is 33.0 Å². The first kappa shape index (κ1) is 23.0. The van der Waals surface area contributed by atoms with Gasteiger partial charge >= 0.3 is 6.18 Å². The number of anilines is 2. The van der Waals surface area contributed by atoms with Crippen molar-refractivity contribution >= 4 is 34.2 Å². The highest BCUT2D eigenvalue weighted by atomic mass is 19.4. The molecule has 0 saturated carbocycles. The molecular formula is C23H20F3N5O3. The maximum absolute atomic E-state index is 13.7. The molecule has 0 saturated heterocycles. The minimum atomic E-state index is -4.77. The molecular weight excluding hydrogens is 451 g/mol. The fraction of sp³-hybridized carbons (Fsp3) is 0.217. The van der Waals surface area contributed by atoms with E-state index in [9.17, 15) is 22.8 Å². The largest absolute Gasteiger partial charge is 0.463 e. The van der Waals surface area contributed by atoms with Gasteiger partial charge in [-0.3, -0.25) is 9.59 Å². The lowest BCUT2D eigenvalue weighted by Gasteiger charge is -2.16. The summed E-state index contributed by atoms with van der Waals surface area (Å²) in [4.78, 5) is 29.0. The Hall–Kier alpha value is -4.15. The molecule has 0 bridgehead atoms. The van der Waals surface area contributed by atoms with Gasteiger partial charge in [0.25, 0.3) is 5.91 Å². The Morgan fingerprint density at radius 3 is 2.50 bits per heavy atom. The molecule has 0 aliphatic rings. The van der Waals surface area contributed by atoms with Crippen LogP contribution in [-0.2, 0) is 11.0 Å². The molecule has 0 aliphatic carbocycles. The lowest BCUT2D eigenvalue weighted by atomic mass is 10.1. The number of carbonyl (C=O) groups is 2. The summed E-state index contributed by atoms with van der Waals surface area (Å²) in [5, 5.41) is 9.32. The molecule has 2 N–H and O–H groups in total. The Morgan fingerprint density at radius 1 is 1.12 bits per heavy atom. The Bertz CT molecular complexity index is 1370. The van der Waals surface area contributed by atoms with E-state index in [0.29, 0.717) is 22.5 Å². The second kappa shape index (κ2) is 8.65. The van der Waals surface area contributed by atoms with Crippen molar-refractivity contribution in [3.8, 4) is 11.5 Å². The minimum Gasteiger partial charge on any atom is -0.463 e. The van der Waals surface area contributed by atoms with Crippen LogP contribution in [0.1, 0.15) is 42.7 Å². The van der Waals surface area contributed by atoms with E-state index in [4.69, 9.17) is 4.42 Å². The van der Waals surface area contributed by atoms with Gasteiger partial charge in [0.2, 0.25) is 5.91 Å². The zero-order valence-corrected chi connectivity index (χ0v) is 18.4. The molecule has 34 heavy (non-hydrogen) atoms. The number of nitrogens with one attached hydrogen (secondary N) is 2. The van der Waals surface area contributed by atoms with Crippen LogP contribution >= 0.6 is 0 Å². The number of nitrogens with zero attached hydrogens (tertiary/aromatic N) is 3. The standard InChI is InChI=1S/C23H20F3N5O3/c1-12(2)31-21-16(11-27-31)15(10-19(29-21)20-5-4-8-34-20)22(33)30-18-7-6-14(28-13(3)32)9-17(18)23(24,25)26/h4-12H,1-3H3,(H,28,32)(H,30,33). The van der Waals surface area contributed by atoms with Crippen LogP contribution in [0.3, 0.4) is 0 Å². The number of aromatic nitrogens is 3. The summed E-state index contributed by atoms with van der Waals surface area (Å²) < 4.78 is 48.2. The fourth-order valence-corrected chi connectivity index (χ4v) is 3.49. The molecule has 3 heterocycles. The van der Waals surface area contributed by atoms with E-state index in [1.54, 1.807) is 16.8 Å². The summed E-state index contributed by atoms with van der Waals surface area (Å²) in [6.07, 6.45) is -1.87. The molecule has 0 aliphatic heterocycles. The summed E-state index contributed by atoms with van der Waals surface area (Å²) in [7, 11) is 0. The van der Waals surface area contributed by atoms with E-state index in [0.717, 1.165) is 12.1 Å². The summed E-state index contributed by atoms with van der Waals surface area (Å²) >= 11 is 0. The van der Waals surface area contributed by atoms with E-state index in [1.807, 2.05) is 13.8 Å². The number of alkyl halides is 3. The van der Waals surface area contributed by atoms with E-state index in [2.05, 4.69) is 20.7 Å². The summed E-state index contributed by atoms with van der Waals surface area (Å²) in [5.41, 5.74) is -0.771. The quantitative estimate of drug-likeness (QED) is 0.400. The fourth-order valence-electron chi connectivity index (χ4n) is 3.49. The third kappa shape index (κ3) is 4.49. The van der Waals surface area contributed by atoms with Crippen molar-refractivity contribution in [2.75, 3.05) is 10.6 Å². The molecule has 0 spiro atoms. The van der Waals surface area contributed by atoms with E-state index < -0.39 is 29.2 Å². The number of hydrogen-bond donors (Lipinski definition) is 2. The van der Waals surface area contributed by atoms with Crippen LogP contribution in [0.15, 0.2) is 53.3 Å². The normalized spacial score (nSPS) is 11.7. The molecule has 11 heteroatoms. The van der Waals surface area contributed by atoms with Crippen molar-refractivity contribution in [3.05, 3.63) is 60.0 Å². The molecule has 0 fully saturated rings. The van der Waals surface area contributed by atoms with Crippen LogP contribution < -0.4 is 10.6 Å². The van der Waals surface area contributed by atoms with Crippen LogP contribution in [0.25, 0.3) is 22.5 Å². The Morgan fingerprint density at radius 2 is 1.88 bits per heavy atom. The summed E-state index contributed by atoms with van der Waals surface area (Å²) in [5.74, 6) is -0.902. The lowest BCUT2D eigenvalue weighted by molar-refractivity contribution is -0.137. The van der Waals surface area contributed by atoms with Crippen LogP contribution in [0.5, 0.6) is 0 Å². The monoisotopic (exact) mass is 471 g/mol. The first-order chi connectivity index (χ1) is 16.0. The van der Waals surface area contributed by atoms with Crippen LogP contribution in [0.2, 0.25) is 0 Å². The molecule has 4 rings (SSSR count). The predicted octanol–water partition coefficient (Wildman–Crippen LogP) is 5.50. The van der Waals surface area contributed by atoms with Crippen LogP contribution in [0.4, 0.5) is 24.5 Å². The molecule has 2 amide bonds.